The van der Waals surface area contributed by atoms with Crippen LogP contribution < -0.4 is 10.1 Å². The molecule has 1 aromatic heterocycles. The third-order valence-corrected chi connectivity index (χ3v) is 3.59. The number of carbonyl (C=O) groups is 2. The van der Waals surface area contributed by atoms with Crippen molar-refractivity contribution in [2.45, 2.75) is 20.0 Å². The number of nitrogens with one attached hydrogen (secondary N) is 2. The number of fused-ring (bicyclic) bond motifs is 1. The smallest absolute Gasteiger partial charge is 0.296 e. The summed E-state index contributed by atoms with van der Waals surface area (Å²) in [6.07, 6.45) is 1.33. The Kier molecular flexibility index (Phi) is 4.52. The van der Waals surface area contributed by atoms with Crippen molar-refractivity contribution in [3.05, 3.63) is 60.0 Å². The van der Waals surface area contributed by atoms with E-state index in [0.29, 0.717) is 22.3 Å². The van der Waals surface area contributed by atoms with E-state index in [-0.39, 0.29) is 11.7 Å². The summed E-state index contributed by atoms with van der Waals surface area (Å²) in [5.74, 6) is -1.43. The van der Waals surface area contributed by atoms with E-state index in [2.05, 4.69) is 10.3 Å². The number of amides is 1. The molecule has 0 saturated heterocycles. The third-order valence-electron chi connectivity index (χ3n) is 3.59. The van der Waals surface area contributed by atoms with Gasteiger partial charge >= 0.3 is 0 Å². The molecule has 2 aromatic carbocycles. The Morgan fingerprint density at radius 1 is 1.16 bits per heavy atom. The lowest BCUT2D eigenvalue weighted by molar-refractivity contribution is -0.112. The van der Waals surface area contributed by atoms with E-state index in [1.807, 2.05) is 13.8 Å². The van der Waals surface area contributed by atoms with Crippen molar-refractivity contribution in [1.29, 1.82) is 0 Å². The highest BCUT2D eigenvalue weighted by atomic mass is 19.1. The molecule has 6 heteroatoms. The maximum absolute atomic E-state index is 13.2. The molecule has 0 saturated carbocycles. The first-order valence-electron chi connectivity index (χ1n) is 7.83. The van der Waals surface area contributed by atoms with Crippen LogP contribution in [0, 0.1) is 5.82 Å². The first kappa shape index (κ1) is 16.7. The van der Waals surface area contributed by atoms with Crippen LogP contribution in [0.3, 0.4) is 0 Å². The number of rotatable bonds is 5. The molecule has 2 N–H and O–H groups in total. The molecule has 0 radical (unpaired) electrons. The minimum atomic E-state index is -0.787. The third kappa shape index (κ3) is 3.52. The van der Waals surface area contributed by atoms with Crippen LogP contribution in [0.1, 0.15) is 24.2 Å². The summed E-state index contributed by atoms with van der Waals surface area (Å²) in [6.45, 7) is 3.74. The van der Waals surface area contributed by atoms with Crippen molar-refractivity contribution < 1.29 is 18.7 Å². The van der Waals surface area contributed by atoms with Gasteiger partial charge in [0.2, 0.25) is 0 Å². The van der Waals surface area contributed by atoms with E-state index in [9.17, 15) is 14.0 Å². The molecule has 0 bridgehead atoms. The van der Waals surface area contributed by atoms with Crippen LogP contribution in [0.4, 0.5) is 10.1 Å². The summed E-state index contributed by atoms with van der Waals surface area (Å²) in [7, 11) is 0. The molecular formula is C19H17FN2O3. The van der Waals surface area contributed by atoms with E-state index in [4.69, 9.17) is 4.74 Å². The van der Waals surface area contributed by atoms with Crippen LogP contribution in [-0.4, -0.2) is 22.8 Å². The number of benzene rings is 2. The van der Waals surface area contributed by atoms with Crippen LogP contribution in [-0.2, 0) is 4.79 Å². The number of carbonyl (C=O) groups excluding carboxylic acids is 2. The van der Waals surface area contributed by atoms with Crippen molar-refractivity contribution in [2.24, 2.45) is 0 Å². The molecule has 1 heterocycles. The van der Waals surface area contributed by atoms with E-state index in [1.54, 1.807) is 24.3 Å². The molecule has 0 aliphatic carbocycles. The summed E-state index contributed by atoms with van der Waals surface area (Å²) >= 11 is 0. The molecular weight excluding hydrogens is 323 g/mol. The van der Waals surface area contributed by atoms with E-state index in [1.165, 1.54) is 24.4 Å². The van der Waals surface area contributed by atoms with Crippen LogP contribution in [0.2, 0.25) is 0 Å². The minimum Gasteiger partial charge on any atom is -0.489 e. The molecule has 0 atom stereocenters. The van der Waals surface area contributed by atoms with Crippen LogP contribution in [0.15, 0.2) is 48.7 Å². The number of halogens is 1. The summed E-state index contributed by atoms with van der Waals surface area (Å²) < 4.78 is 18.9. The maximum Gasteiger partial charge on any atom is 0.296 e. The van der Waals surface area contributed by atoms with Crippen LogP contribution in [0.25, 0.3) is 10.9 Å². The van der Waals surface area contributed by atoms with Gasteiger partial charge in [-0.15, -0.1) is 0 Å². The van der Waals surface area contributed by atoms with Gasteiger partial charge in [-0.1, -0.05) is 12.1 Å². The number of aromatic nitrogens is 1. The first-order chi connectivity index (χ1) is 12.0. The van der Waals surface area contributed by atoms with Crippen molar-refractivity contribution in [3.63, 3.8) is 0 Å². The van der Waals surface area contributed by atoms with Gasteiger partial charge < -0.3 is 15.0 Å². The predicted octanol–water partition coefficient (Wildman–Crippen LogP) is 3.92. The molecule has 3 rings (SSSR count). The van der Waals surface area contributed by atoms with Crippen molar-refractivity contribution in [1.82, 2.24) is 4.98 Å². The Morgan fingerprint density at radius 2 is 1.92 bits per heavy atom. The Hall–Kier alpha value is -3.15. The van der Waals surface area contributed by atoms with Crippen LogP contribution >= 0.6 is 0 Å². The van der Waals surface area contributed by atoms with Gasteiger partial charge in [0.1, 0.15) is 11.6 Å². The number of hydrogen-bond acceptors (Lipinski definition) is 3. The van der Waals surface area contributed by atoms with E-state index in [0.717, 1.165) is 0 Å². The topological polar surface area (TPSA) is 71.2 Å². The normalized spacial score (nSPS) is 10.9. The van der Waals surface area contributed by atoms with E-state index < -0.39 is 17.5 Å². The number of Topliss-reactive ketones (excluding diaryl/α,β-unsaturated/α-hetero) is 1. The molecule has 128 valence electrons. The Bertz CT molecular complexity index is 947. The van der Waals surface area contributed by atoms with Crippen LogP contribution in [0.5, 0.6) is 5.75 Å². The van der Waals surface area contributed by atoms with Gasteiger partial charge in [-0.05, 0) is 44.2 Å². The molecule has 0 spiro atoms. The highest BCUT2D eigenvalue weighted by Gasteiger charge is 2.21. The van der Waals surface area contributed by atoms with Gasteiger partial charge in [-0.3, -0.25) is 9.59 Å². The molecule has 0 unspecified atom stereocenters. The summed E-state index contributed by atoms with van der Waals surface area (Å²) in [6, 6.07) is 10.9. The van der Waals surface area contributed by atoms with Gasteiger partial charge in [0.05, 0.1) is 17.4 Å². The highest BCUT2D eigenvalue weighted by molar-refractivity contribution is 6.48. The lowest BCUT2D eigenvalue weighted by Crippen LogP contribution is -2.23. The quantitative estimate of drug-likeness (QED) is 0.546. The molecule has 25 heavy (non-hydrogen) atoms. The second-order valence-electron chi connectivity index (χ2n) is 5.84. The molecule has 0 aliphatic rings. The molecule has 3 aromatic rings. The lowest BCUT2D eigenvalue weighted by atomic mass is 10.1. The number of aromatic amines is 1. The monoisotopic (exact) mass is 340 g/mol. The first-order valence-corrected chi connectivity index (χ1v) is 7.83. The van der Waals surface area contributed by atoms with Crippen molar-refractivity contribution >= 4 is 28.3 Å². The fourth-order valence-electron chi connectivity index (χ4n) is 2.51. The predicted molar refractivity (Wildman–Crippen MR) is 93.4 cm³/mol. The standard InChI is InChI=1S/C19H17FN2O3/c1-11(2)25-17-6-4-3-5-15(17)22-19(24)18(23)14-10-21-16-9-12(20)7-8-13(14)16/h3-11,21H,1-2H3,(H,22,24). The van der Waals surface area contributed by atoms with Gasteiger partial charge in [-0.2, -0.15) is 0 Å². The molecule has 0 aliphatic heterocycles. The summed E-state index contributed by atoms with van der Waals surface area (Å²) in [4.78, 5) is 27.6. The Labute approximate surface area is 143 Å². The zero-order chi connectivity index (χ0) is 18.0. The molecule has 5 nitrogen and oxygen atoms in total. The van der Waals surface area contributed by atoms with Crippen molar-refractivity contribution in [2.75, 3.05) is 5.32 Å². The van der Waals surface area contributed by atoms with E-state index >= 15 is 0 Å². The fraction of sp³-hybridized carbons (Fsp3) is 0.158. The van der Waals surface area contributed by atoms with Gasteiger partial charge in [0, 0.05) is 17.1 Å². The molecule has 1 amide bonds. The number of ketones is 1. The zero-order valence-corrected chi connectivity index (χ0v) is 13.8. The Morgan fingerprint density at radius 3 is 2.68 bits per heavy atom. The number of hydrogen-bond donors (Lipinski definition) is 2. The van der Waals surface area contributed by atoms with Gasteiger partial charge in [0.25, 0.3) is 11.7 Å². The highest BCUT2D eigenvalue weighted by Crippen LogP contribution is 2.26. The number of para-hydroxylation sites is 2. The maximum atomic E-state index is 13.2. The number of H-pyrrole nitrogens is 1. The summed E-state index contributed by atoms with van der Waals surface area (Å²) in [5, 5.41) is 3.07. The average Bonchev–Trinajstić information content (AvgIpc) is 2.98. The SMILES string of the molecule is CC(C)Oc1ccccc1NC(=O)C(=O)c1c[nH]c2cc(F)ccc12. The second-order valence-corrected chi connectivity index (χ2v) is 5.84. The molecule has 0 fully saturated rings. The largest absolute Gasteiger partial charge is 0.489 e. The second kappa shape index (κ2) is 6.76. The van der Waals surface area contributed by atoms with Gasteiger partial charge in [-0.25, -0.2) is 4.39 Å². The number of ether oxygens (including phenoxy) is 1. The number of anilines is 1. The average molecular weight is 340 g/mol. The van der Waals surface area contributed by atoms with Crippen molar-refractivity contribution in [3.8, 4) is 5.75 Å². The summed E-state index contributed by atoms with van der Waals surface area (Å²) in [5.41, 5.74) is 1.06. The van der Waals surface area contributed by atoms with Gasteiger partial charge in [0.15, 0.2) is 0 Å². The lowest BCUT2D eigenvalue weighted by Gasteiger charge is -2.14. The fourth-order valence-corrected chi connectivity index (χ4v) is 2.51. The zero-order valence-electron chi connectivity index (χ0n) is 13.8. The Balaban J connectivity index is 1.85. The minimum absolute atomic E-state index is 0.0720.